The molecule has 0 radical (unpaired) electrons. The van der Waals surface area contributed by atoms with Crippen molar-refractivity contribution in [1.82, 2.24) is 0 Å². The van der Waals surface area contributed by atoms with Gasteiger partial charge in [-0.15, -0.1) is 0 Å². The van der Waals surface area contributed by atoms with E-state index >= 15 is 0 Å². The molecule has 160 valence electrons. The average Bonchev–Trinajstić information content (AvgIpc) is 2.74. The van der Waals surface area contributed by atoms with Gasteiger partial charge < -0.3 is 19.7 Å². The third-order valence-electron chi connectivity index (χ3n) is 5.07. The topological polar surface area (TPSA) is 67.9 Å². The Bertz CT molecular complexity index is 881. The van der Waals surface area contributed by atoms with Gasteiger partial charge in [-0.05, 0) is 56.0 Å². The molecule has 6 heteroatoms. The number of amides is 2. The predicted octanol–water partition coefficient (Wildman–Crippen LogP) is 4.71. The maximum atomic E-state index is 12.4. The van der Waals surface area contributed by atoms with Gasteiger partial charge in [-0.2, -0.15) is 0 Å². The summed E-state index contributed by atoms with van der Waals surface area (Å²) in [5, 5.41) is 2.91. The van der Waals surface area contributed by atoms with Crippen LogP contribution in [0.2, 0.25) is 0 Å². The number of unbranched alkanes of at least 4 members (excludes halogenated alkanes) is 2. The van der Waals surface area contributed by atoms with Crippen molar-refractivity contribution in [2.75, 3.05) is 30.0 Å². The summed E-state index contributed by atoms with van der Waals surface area (Å²) in [5.74, 6) is 1.47. The van der Waals surface area contributed by atoms with Gasteiger partial charge in [0.1, 0.15) is 11.5 Å². The first-order valence-corrected chi connectivity index (χ1v) is 10.6. The lowest BCUT2D eigenvalue weighted by Crippen LogP contribution is -2.39. The van der Waals surface area contributed by atoms with Crippen LogP contribution in [-0.4, -0.2) is 31.6 Å². The molecule has 2 amide bonds. The maximum absolute atomic E-state index is 12.4. The van der Waals surface area contributed by atoms with Crippen molar-refractivity contribution in [2.45, 2.75) is 46.0 Å². The van der Waals surface area contributed by atoms with E-state index in [0.29, 0.717) is 36.7 Å². The van der Waals surface area contributed by atoms with E-state index in [-0.39, 0.29) is 18.4 Å². The lowest BCUT2D eigenvalue weighted by atomic mass is 10.1. The first kappa shape index (κ1) is 21.7. The van der Waals surface area contributed by atoms with Gasteiger partial charge in [0.15, 0.2) is 6.61 Å². The molecule has 0 spiro atoms. The first-order chi connectivity index (χ1) is 14.6. The van der Waals surface area contributed by atoms with E-state index in [4.69, 9.17) is 9.47 Å². The largest absolute Gasteiger partial charge is 0.493 e. The Morgan fingerprint density at radius 1 is 1.17 bits per heavy atom. The number of anilines is 2. The quantitative estimate of drug-likeness (QED) is 0.576. The van der Waals surface area contributed by atoms with Gasteiger partial charge in [0.2, 0.25) is 5.91 Å². The molecule has 1 aliphatic rings. The highest BCUT2D eigenvalue weighted by molar-refractivity contribution is 5.99. The number of nitrogens with one attached hydrogen (secondary N) is 1. The van der Waals surface area contributed by atoms with Crippen molar-refractivity contribution < 1.29 is 19.1 Å². The van der Waals surface area contributed by atoms with Gasteiger partial charge in [0.25, 0.3) is 5.91 Å². The van der Waals surface area contributed by atoms with E-state index < -0.39 is 0 Å². The van der Waals surface area contributed by atoms with Crippen molar-refractivity contribution in [2.24, 2.45) is 0 Å². The first-order valence-electron chi connectivity index (χ1n) is 10.6. The minimum Gasteiger partial charge on any atom is -0.493 e. The number of hydrogen-bond acceptors (Lipinski definition) is 4. The van der Waals surface area contributed by atoms with Gasteiger partial charge in [0.05, 0.1) is 12.3 Å². The molecule has 0 aromatic heterocycles. The Balaban J connectivity index is 1.56. The van der Waals surface area contributed by atoms with Gasteiger partial charge in [-0.25, -0.2) is 0 Å². The molecule has 0 aliphatic carbocycles. The fourth-order valence-electron chi connectivity index (χ4n) is 3.36. The van der Waals surface area contributed by atoms with Crippen LogP contribution >= 0.6 is 0 Å². The maximum Gasteiger partial charge on any atom is 0.265 e. The standard InChI is InChI=1S/C24H30N2O4/c1-3-4-11-23(27)25-19-12-13-22-20(16-19)26(24(28)17-30-22)14-7-8-15-29-21-10-6-5-9-18(21)2/h5-6,9-10,12-13,16H,3-4,7-8,11,14-15,17H2,1-2H3,(H,25,27). The van der Waals surface area contributed by atoms with Crippen LogP contribution in [0.3, 0.4) is 0 Å². The number of benzene rings is 2. The number of carbonyl (C=O) groups excluding carboxylic acids is 2. The van der Waals surface area contributed by atoms with Gasteiger partial charge in [-0.1, -0.05) is 31.5 Å². The molecule has 2 aromatic carbocycles. The Kier molecular flexibility index (Phi) is 7.71. The molecule has 30 heavy (non-hydrogen) atoms. The van der Waals surface area contributed by atoms with E-state index in [1.165, 1.54) is 0 Å². The van der Waals surface area contributed by atoms with Crippen molar-refractivity contribution >= 4 is 23.2 Å². The summed E-state index contributed by atoms with van der Waals surface area (Å²) in [4.78, 5) is 26.2. The summed E-state index contributed by atoms with van der Waals surface area (Å²) in [6.07, 6.45) is 3.97. The SMILES string of the molecule is CCCCC(=O)Nc1ccc2c(c1)N(CCCCOc1ccccc1C)C(=O)CO2. The van der Waals surface area contributed by atoms with Crippen LogP contribution in [0.5, 0.6) is 11.5 Å². The average molecular weight is 411 g/mol. The zero-order chi connectivity index (χ0) is 21.3. The Morgan fingerprint density at radius 2 is 2.00 bits per heavy atom. The highest BCUT2D eigenvalue weighted by Gasteiger charge is 2.25. The highest BCUT2D eigenvalue weighted by Crippen LogP contribution is 2.35. The second-order valence-electron chi connectivity index (χ2n) is 7.49. The summed E-state index contributed by atoms with van der Waals surface area (Å²) in [7, 11) is 0. The normalized spacial score (nSPS) is 12.9. The van der Waals surface area contributed by atoms with E-state index in [1.807, 2.05) is 49.4 Å². The van der Waals surface area contributed by atoms with E-state index in [1.54, 1.807) is 4.90 Å². The summed E-state index contributed by atoms with van der Waals surface area (Å²) in [6.45, 7) is 5.30. The molecular formula is C24H30N2O4. The van der Waals surface area contributed by atoms with Crippen LogP contribution < -0.4 is 19.7 Å². The number of carbonyl (C=O) groups is 2. The molecule has 0 bridgehead atoms. The van der Waals surface area contributed by atoms with Crippen LogP contribution in [0.25, 0.3) is 0 Å². The van der Waals surface area contributed by atoms with Crippen LogP contribution in [0.15, 0.2) is 42.5 Å². The van der Waals surface area contributed by atoms with Crippen molar-refractivity contribution in [3.05, 3.63) is 48.0 Å². The second kappa shape index (κ2) is 10.7. The summed E-state index contributed by atoms with van der Waals surface area (Å²) in [5.41, 5.74) is 2.50. The van der Waals surface area contributed by atoms with Gasteiger partial charge in [0, 0.05) is 18.7 Å². The summed E-state index contributed by atoms with van der Waals surface area (Å²) >= 11 is 0. The van der Waals surface area contributed by atoms with E-state index in [0.717, 1.165) is 37.0 Å². The second-order valence-corrected chi connectivity index (χ2v) is 7.49. The van der Waals surface area contributed by atoms with Gasteiger partial charge >= 0.3 is 0 Å². The van der Waals surface area contributed by atoms with Gasteiger partial charge in [-0.3, -0.25) is 9.59 Å². The monoisotopic (exact) mass is 410 g/mol. The van der Waals surface area contributed by atoms with Crippen LogP contribution in [0.1, 0.15) is 44.6 Å². The molecule has 1 N–H and O–H groups in total. The molecule has 3 rings (SSSR count). The van der Waals surface area contributed by atoms with E-state index in [9.17, 15) is 9.59 Å². The third-order valence-corrected chi connectivity index (χ3v) is 5.07. The zero-order valence-electron chi connectivity index (χ0n) is 17.8. The molecule has 0 saturated carbocycles. The lowest BCUT2D eigenvalue weighted by Gasteiger charge is -2.30. The fourth-order valence-corrected chi connectivity index (χ4v) is 3.36. The number of hydrogen-bond donors (Lipinski definition) is 1. The van der Waals surface area contributed by atoms with Crippen LogP contribution in [0, 0.1) is 6.92 Å². The molecule has 0 saturated heterocycles. The predicted molar refractivity (Wildman–Crippen MR) is 118 cm³/mol. The van der Waals surface area contributed by atoms with Crippen LogP contribution in [0.4, 0.5) is 11.4 Å². The Labute approximate surface area is 178 Å². The number of para-hydroxylation sites is 1. The lowest BCUT2D eigenvalue weighted by molar-refractivity contribution is -0.121. The zero-order valence-corrected chi connectivity index (χ0v) is 17.8. The molecule has 1 heterocycles. The number of nitrogens with zero attached hydrogens (tertiary/aromatic N) is 1. The smallest absolute Gasteiger partial charge is 0.265 e. The number of aryl methyl sites for hydroxylation is 1. The van der Waals surface area contributed by atoms with Crippen molar-refractivity contribution in [3.63, 3.8) is 0 Å². The molecule has 0 atom stereocenters. The Hall–Kier alpha value is -3.02. The minimum atomic E-state index is -0.0724. The highest BCUT2D eigenvalue weighted by atomic mass is 16.5. The van der Waals surface area contributed by atoms with Crippen LogP contribution in [-0.2, 0) is 9.59 Å². The molecule has 6 nitrogen and oxygen atoms in total. The van der Waals surface area contributed by atoms with E-state index in [2.05, 4.69) is 12.2 Å². The van der Waals surface area contributed by atoms with Crippen molar-refractivity contribution in [3.8, 4) is 11.5 Å². The molecule has 0 unspecified atom stereocenters. The Morgan fingerprint density at radius 3 is 2.80 bits per heavy atom. The summed E-state index contributed by atoms with van der Waals surface area (Å²) in [6, 6.07) is 13.4. The summed E-state index contributed by atoms with van der Waals surface area (Å²) < 4.78 is 11.4. The number of fused-ring (bicyclic) bond motifs is 1. The number of ether oxygens (including phenoxy) is 2. The molecule has 2 aromatic rings. The third kappa shape index (κ3) is 5.75. The minimum absolute atomic E-state index is 0.0141. The van der Waals surface area contributed by atoms with Crippen molar-refractivity contribution in [1.29, 1.82) is 0 Å². The molecule has 1 aliphatic heterocycles. The molecule has 0 fully saturated rings. The number of rotatable bonds is 10. The fraction of sp³-hybridized carbons (Fsp3) is 0.417. The molecular weight excluding hydrogens is 380 g/mol.